The quantitative estimate of drug-likeness (QED) is 0.210. The third-order valence-electron chi connectivity index (χ3n) is 3.64. The first-order valence-corrected chi connectivity index (χ1v) is 8.70. The van der Waals surface area contributed by atoms with Gasteiger partial charge in [0.1, 0.15) is 11.7 Å². The lowest BCUT2D eigenvalue weighted by Crippen LogP contribution is -2.29. The maximum absolute atomic E-state index is 12.1. The number of nitrogens with two attached hydrogens (primary N) is 1. The number of carbonyl (C=O) groups excluding carboxylic acids is 1. The molecule has 2 aromatic rings. The number of nitrogens with zero attached hydrogens (tertiary/aromatic N) is 5. The lowest BCUT2D eigenvalue weighted by Gasteiger charge is -2.12. The molecule has 154 valence electrons. The van der Waals surface area contributed by atoms with Crippen LogP contribution in [0.3, 0.4) is 0 Å². The molecule has 0 radical (unpaired) electrons. The highest BCUT2D eigenvalue weighted by Crippen LogP contribution is 2.13. The number of tetrazole rings is 1. The molecule has 28 heavy (non-hydrogen) atoms. The number of hydrogen-bond donors (Lipinski definition) is 4. The highest BCUT2D eigenvalue weighted by atomic mass is 35.5. The Morgan fingerprint density at radius 1 is 1.39 bits per heavy atom. The average Bonchev–Trinajstić information content (AvgIpc) is 3.08. The normalized spacial score (nSPS) is 11.6. The monoisotopic (exact) mass is 433 g/mol. The predicted molar refractivity (Wildman–Crippen MR) is 103 cm³/mol. The molecule has 1 unspecified atom stereocenters. The second kappa shape index (κ2) is 12.6. The van der Waals surface area contributed by atoms with Gasteiger partial charge < -0.3 is 25.8 Å². The number of halogens is 2. The van der Waals surface area contributed by atoms with Crippen molar-refractivity contribution in [2.75, 3.05) is 6.61 Å². The molecule has 1 atom stereocenters. The molecule has 0 spiro atoms. The molecule has 2 aromatic heterocycles. The topological polar surface area (TPSA) is 161 Å². The Morgan fingerprint density at radius 2 is 2.18 bits per heavy atom. The van der Waals surface area contributed by atoms with Gasteiger partial charge in [-0.05, 0) is 41.3 Å². The van der Waals surface area contributed by atoms with Crippen LogP contribution in [0.25, 0.3) is 0 Å². The summed E-state index contributed by atoms with van der Waals surface area (Å²) < 4.78 is 5.98. The van der Waals surface area contributed by atoms with Crippen LogP contribution in [0.15, 0.2) is 18.3 Å². The Labute approximate surface area is 173 Å². The highest BCUT2D eigenvalue weighted by molar-refractivity contribution is 6.32. The molecule has 0 bridgehead atoms. The summed E-state index contributed by atoms with van der Waals surface area (Å²) in [7, 11) is -1.77. The van der Waals surface area contributed by atoms with E-state index in [4.69, 9.17) is 27.4 Å². The van der Waals surface area contributed by atoms with Crippen molar-refractivity contribution < 1.29 is 19.5 Å². The number of pyridine rings is 1. The van der Waals surface area contributed by atoms with Crippen molar-refractivity contribution in [3.05, 3.63) is 34.9 Å². The number of aromatic nitrogens is 5. The average molecular weight is 434 g/mol. The van der Waals surface area contributed by atoms with E-state index in [0.29, 0.717) is 36.8 Å². The lowest BCUT2D eigenvalue weighted by atomic mass is 10.1. The van der Waals surface area contributed by atoms with Gasteiger partial charge in [-0.1, -0.05) is 17.7 Å². The Bertz CT molecular complexity index is 720. The summed E-state index contributed by atoms with van der Waals surface area (Å²) in [6.07, 6.45) is 3.42. The van der Waals surface area contributed by atoms with Gasteiger partial charge in [-0.3, -0.25) is 4.79 Å². The SMILES string of the molecule is Cl.NC(CCCCOB(O)O)c1nnnn1CC(=O)NCc1ccc(Cl)nc1. The van der Waals surface area contributed by atoms with Crippen LogP contribution >= 0.6 is 24.0 Å². The van der Waals surface area contributed by atoms with E-state index in [9.17, 15) is 4.79 Å². The fraction of sp³-hybridized carbons (Fsp3) is 0.500. The summed E-state index contributed by atoms with van der Waals surface area (Å²) in [5.41, 5.74) is 6.90. The first-order chi connectivity index (χ1) is 13.0. The zero-order valence-corrected chi connectivity index (χ0v) is 16.5. The van der Waals surface area contributed by atoms with Crippen LogP contribution in [0.2, 0.25) is 5.15 Å². The van der Waals surface area contributed by atoms with Gasteiger partial charge in [0, 0.05) is 19.3 Å². The van der Waals surface area contributed by atoms with E-state index in [0.717, 1.165) is 5.56 Å². The predicted octanol–water partition coefficient (Wildman–Crippen LogP) is -0.384. The molecule has 0 saturated carbocycles. The third-order valence-corrected chi connectivity index (χ3v) is 3.86. The first-order valence-electron chi connectivity index (χ1n) is 8.32. The summed E-state index contributed by atoms with van der Waals surface area (Å²) in [6, 6.07) is 2.97. The molecule has 0 aliphatic rings. The van der Waals surface area contributed by atoms with Gasteiger partial charge in [-0.2, -0.15) is 0 Å². The van der Waals surface area contributed by atoms with Crippen molar-refractivity contribution in [1.29, 1.82) is 0 Å². The van der Waals surface area contributed by atoms with Gasteiger partial charge in [0.2, 0.25) is 5.91 Å². The minimum atomic E-state index is -1.77. The van der Waals surface area contributed by atoms with Crippen LogP contribution in [-0.2, 0) is 22.5 Å². The van der Waals surface area contributed by atoms with Crippen molar-refractivity contribution >= 4 is 37.2 Å². The molecule has 2 heterocycles. The second-order valence-corrected chi connectivity index (χ2v) is 6.15. The largest absolute Gasteiger partial charge is 0.633 e. The maximum atomic E-state index is 12.1. The molecule has 0 aliphatic heterocycles. The van der Waals surface area contributed by atoms with Crippen molar-refractivity contribution in [3.63, 3.8) is 0 Å². The molecule has 1 amide bonds. The molecule has 0 fully saturated rings. The molecule has 11 nitrogen and oxygen atoms in total. The molecule has 0 saturated heterocycles. The first kappa shape index (κ1) is 24.2. The summed E-state index contributed by atoms with van der Waals surface area (Å²) in [5.74, 6) is 0.137. The summed E-state index contributed by atoms with van der Waals surface area (Å²) >= 11 is 5.72. The van der Waals surface area contributed by atoms with Crippen molar-refractivity contribution in [3.8, 4) is 0 Å². The number of hydrogen-bond acceptors (Lipinski definition) is 9. The van der Waals surface area contributed by atoms with Gasteiger partial charge in [0.25, 0.3) is 0 Å². The van der Waals surface area contributed by atoms with Crippen LogP contribution in [0.1, 0.15) is 36.7 Å². The summed E-state index contributed by atoms with van der Waals surface area (Å²) in [5, 5.41) is 31.6. The number of carbonyl (C=O) groups is 1. The van der Waals surface area contributed by atoms with Gasteiger partial charge in [-0.25, -0.2) is 9.67 Å². The minimum absolute atomic E-state index is 0. The zero-order chi connectivity index (χ0) is 19.6. The van der Waals surface area contributed by atoms with E-state index in [1.54, 1.807) is 18.3 Å². The Kier molecular flexibility index (Phi) is 10.9. The van der Waals surface area contributed by atoms with Crippen LogP contribution in [0, 0.1) is 0 Å². The van der Waals surface area contributed by atoms with Crippen LogP contribution < -0.4 is 11.1 Å². The van der Waals surface area contributed by atoms with E-state index >= 15 is 0 Å². The number of nitrogens with one attached hydrogen (secondary N) is 1. The third kappa shape index (κ3) is 8.46. The summed E-state index contributed by atoms with van der Waals surface area (Å²) in [6.45, 7) is 0.456. The van der Waals surface area contributed by atoms with E-state index in [2.05, 4.69) is 30.5 Å². The molecular weight excluding hydrogens is 412 g/mol. The van der Waals surface area contributed by atoms with Gasteiger partial charge >= 0.3 is 7.32 Å². The molecule has 0 aromatic carbocycles. The van der Waals surface area contributed by atoms with Crippen LogP contribution in [0.5, 0.6) is 0 Å². The van der Waals surface area contributed by atoms with Gasteiger partial charge in [0.05, 0.1) is 6.04 Å². The van der Waals surface area contributed by atoms with E-state index < -0.39 is 13.4 Å². The van der Waals surface area contributed by atoms with E-state index in [1.807, 2.05) is 0 Å². The smallest absolute Gasteiger partial charge is 0.402 e. The van der Waals surface area contributed by atoms with Crippen molar-refractivity contribution in [1.82, 2.24) is 30.5 Å². The number of amides is 1. The molecule has 14 heteroatoms. The van der Waals surface area contributed by atoms with Crippen LogP contribution in [-0.4, -0.2) is 55.1 Å². The van der Waals surface area contributed by atoms with Gasteiger partial charge in [0.15, 0.2) is 5.82 Å². The zero-order valence-electron chi connectivity index (χ0n) is 14.9. The molecule has 2 rings (SSSR count). The Balaban J connectivity index is 0.00000392. The summed E-state index contributed by atoms with van der Waals surface area (Å²) in [4.78, 5) is 16.1. The fourth-order valence-corrected chi connectivity index (χ4v) is 2.39. The Morgan fingerprint density at radius 3 is 2.86 bits per heavy atom. The number of unbranched alkanes of at least 4 members (excludes halogenated alkanes) is 1. The highest BCUT2D eigenvalue weighted by Gasteiger charge is 2.17. The molecule has 5 N–H and O–H groups in total. The van der Waals surface area contributed by atoms with E-state index in [-0.39, 0.29) is 31.5 Å². The van der Waals surface area contributed by atoms with Crippen LogP contribution in [0.4, 0.5) is 0 Å². The molecule has 0 aliphatic carbocycles. The second-order valence-electron chi connectivity index (χ2n) is 5.76. The Hall–Kier alpha value is -1.83. The maximum Gasteiger partial charge on any atom is 0.633 e. The standard InChI is InChI=1S/C14H21BClN7O4.ClH/c16-12-5-4-10(7-18-12)8-19-13(24)9-23-14(20-21-22-23)11(17)3-1-2-6-27-15(25)26;/h4-5,7,11,25-26H,1-3,6,8-9,17H2,(H,19,24);1H. The number of rotatable bonds is 11. The van der Waals surface area contributed by atoms with Crippen molar-refractivity contribution in [2.45, 2.75) is 38.4 Å². The van der Waals surface area contributed by atoms with Crippen molar-refractivity contribution in [2.24, 2.45) is 5.73 Å². The molecular formula is C14H22BCl2N7O4. The minimum Gasteiger partial charge on any atom is -0.402 e. The fourth-order valence-electron chi connectivity index (χ4n) is 2.28. The lowest BCUT2D eigenvalue weighted by molar-refractivity contribution is -0.122. The van der Waals surface area contributed by atoms with E-state index in [1.165, 1.54) is 4.68 Å². The van der Waals surface area contributed by atoms with Gasteiger partial charge in [-0.15, -0.1) is 17.5 Å².